The SMILES string of the molecule is CN(CCN(C)CC(=O)O)CCN(CCN(C)CC(=O)O)CC(=O)O. The zero-order valence-corrected chi connectivity index (χ0v) is 15.2. The Labute approximate surface area is 148 Å². The van der Waals surface area contributed by atoms with Crippen molar-refractivity contribution in [3.63, 3.8) is 0 Å². The van der Waals surface area contributed by atoms with Crippen LogP contribution in [0.2, 0.25) is 0 Å². The Hall–Kier alpha value is -1.75. The number of rotatable bonds is 15. The van der Waals surface area contributed by atoms with Crippen molar-refractivity contribution in [2.24, 2.45) is 0 Å². The molecule has 0 aromatic rings. The molecule has 0 saturated carbocycles. The number of carboxylic acids is 3. The maximum Gasteiger partial charge on any atom is 0.317 e. The second kappa shape index (κ2) is 12.6. The summed E-state index contributed by atoms with van der Waals surface area (Å²) in [4.78, 5) is 39.3. The third kappa shape index (κ3) is 14.3. The number of nitrogens with zero attached hydrogens (tertiary/aromatic N) is 4. The Bertz CT molecular complexity index is 434. The van der Waals surface area contributed by atoms with Crippen LogP contribution in [-0.2, 0) is 14.4 Å². The van der Waals surface area contributed by atoms with Gasteiger partial charge in [-0.05, 0) is 21.1 Å². The molecule has 0 spiro atoms. The van der Waals surface area contributed by atoms with Gasteiger partial charge in [0, 0.05) is 39.3 Å². The third-order valence-electron chi connectivity index (χ3n) is 3.63. The van der Waals surface area contributed by atoms with E-state index in [1.54, 1.807) is 28.8 Å². The largest absolute Gasteiger partial charge is 0.480 e. The molecule has 0 radical (unpaired) electrons. The maximum absolute atomic E-state index is 11.0. The third-order valence-corrected chi connectivity index (χ3v) is 3.63. The average molecular weight is 362 g/mol. The summed E-state index contributed by atoms with van der Waals surface area (Å²) in [5.41, 5.74) is 0. The molecule has 0 unspecified atom stereocenters. The van der Waals surface area contributed by atoms with E-state index in [1.807, 2.05) is 11.9 Å². The van der Waals surface area contributed by atoms with Crippen LogP contribution in [-0.4, -0.2) is 133 Å². The van der Waals surface area contributed by atoms with E-state index in [1.165, 1.54) is 0 Å². The molecule has 25 heavy (non-hydrogen) atoms. The molecule has 0 aliphatic rings. The van der Waals surface area contributed by atoms with Crippen molar-refractivity contribution in [2.75, 3.05) is 80.0 Å². The molecule has 0 amide bonds. The first-order chi connectivity index (χ1) is 11.6. The first-order valence-electron chi connectivity index (χ1n) is 8.03. The molecular weight excluding hydrogens is 332 g/mol. The topological polar surface area (TPSA) is 125 Å². The van der Waals surface area contributed by atoms with Crippen LogP contribution < -0.4 is 0 Å². The van der Waals surface area contributed by atoms with Crippen LogP contribution in [0, 0.1) is 0 Å². The standard InChI is InChI=1S/C15H30N4O6/c1-16(4-5-17(2)10-13(20)21)6-8-19(12-15(24)25)9-7-18(3)11-14(22)23/h4-12H2,1-3H3,(H,20,21)(H,22,23)(H,24,25). The summed E-state index contributed by atoms with van der Waals surface area (Å²) in [7, 11) is 5.30. The number of hydrogen-bond acceptors (Lipinski definition) is 7. The van der Waals surface area contributed by atoms with E-state index in [9.17, 15) is 14.4 Å². The Balaban J connectivity index is 4.22. The summed E-state index contributed by atoms with van der Waals surface area (Å²) in [5, 5.41) is 26.4. The van der Waals surface area contributed by atoms with Gasteiger partial charge in [-0.2, -0.15) is 0 Å². The van der Waals surface area contributed by atoms with Gasteiger partial charge in [0.25, 0.3) is 0 Å². The molecule has 10 nitrogen and oxygen atoms in total. The average Bonchev–Trinajstić information content (AvgIpc) is 2.46. The van der Waals surface area contributed by atoms with Gasteiger partial charge in [0.1, 0.15) is 0 Å². The van der Waals surface area contributed by atoms with Gasteiger partial charge >= 0.3 is 17.9 Å². The molecule has 0 aromatic heterocycles. The second-order valence-corrected chi connectivity index (χ2v) is 6.24. The van der Waals surface area contributed by atoms with Crippen molar-refractivity contribution in [1.29, 1.82) is 0 Å². The summed E-state index contributed by atoms with van der Waals surface area (Å²) >= 11 is 0. The fraction of sp³-hybridized carbons (Fsp3) is 0.800. The summed E-state index contributed by atoms with van der Waals surface area (Å²) in [6.07, 6.45) is 0. The van der Waals surface area contributed by atoms with Crippen molar-refractivity contribution >= 4 is 17.9 Å². The number of carboxylic acid groups (broad SMARTS) is 3. The Morgan fingerprint density at radius 3 is 1.28 bits per heavy atom. The molecule has 0 atom stereocenters. The number of carbonyl (C=O) groups is 3. The monoisotopic (exact) mass is 362 g/mol. The number of likely N-dealkylation sites (N-methyl/N-ethyl adjacent to an activating group) is 3. The van der Waals surface area contributed by atoms with Crippen molar-refractivity contribution in [1.82, 2.24) is 19.6 Å². The summed E-state index contributed by atoms with van der Waals surface area (Å²) in [6.45, 7) is 3.16. The zero-order chi connectivity index (χ0) is 19.4. The van der Waals surface area contributed by atoms with Crippen LogP contribution in [0.1, 0.15) is 0 Å². The molecule has 0 aliphatic heterocycles. The molecule has 0 fully saturated rings. The normalized spacial score (nSPS) is 11.6. The molecule has 0 aromatic carbocycles. The van der Waals surface area contributed by atoms with E-state index < -0.39 is 17.9 Å². The highest BCUT2D eigenvalue weighted by molar-refractivity contribution is 5.69. The first-order valence-corrected chi connectivity index (χ1v) is 8.03. The van der Waals surface area contributed by atoms with E-state index in [2.05, 4.69) is 0 Å². The van der Waals surface area contributed by atoms with E-state index >= 15 is 0 Å². The van der Waals surface area contributed by atoms with Crippen molar-refractivity contribution < 1.29 is 29.7 Å². The lowest BCUT2D eigenvalue weighted by molar-refractivity contribution is -0.140. The maximum atomic E-state index is 11.0. The van der Waals surface area contributed by atoms with E-state index in [-0.39, 0.29) is 19.6 Å². The zero-order valence-electron chi connectivity index (χ0n) is 15.2. The minimum absolute atomic E-state index is 0.0190. The van der Waals surface area contributed by atoms with E-state index in [0.717, 1.165) is 0 Å². The number of hydrogen-bond donors (Lipinski definition) is 3. The quantitative estimate of drug-likeness (QED) is 0.312. The molecule has 0 saturated heterocycles. The highest BCUT2D eigenvalue weighted by atomic mass is 16.4. The highest BCUT2D eigenvalue weighted by Gasteiger charge is 2.13. The first kappa shape index (κ1) is 23.2. The van der Waals surface area contributed by atoms with Gasteiger partial charge in [0.2, 0.25) is 0 Å². The van der Waals surface area contributed by atoms with Crippen molar-refractivity contribution in [2.45, 2.75) is 0 Å². The Kier molecular flexibility index (Phi) is 11.7. The molecule has 0 bridgehead atoms. The molecule has 146 valence electrons. The van der Waals surface area contributed by atoms with Gasteiger partial charge in [-0.15, -0.1) is 0 Å². The summed E-state index contributed by atoms with van der Waals surface area (Å²) in [6, 6.07) is 0. The smallest absolute Gasteiger partial charge is 0.317 e. The number of aliphatic carboxylic acids is 3. The predicted molar refractivity (Wildman–Crippen MR) is 91.8 cm³/mol. The van der Waals surface area contributed by atoms with Gasteiger partial charge in [0.15, 0.2) is 0 Å². The molecule has 0 heterocycles. The minimum atomic E-state index is -0.926. The van der Waals surface area contributed by atoms with Crippen LogP contribution in [0.15, 0.2) is 0 Å². The molecule has 0 aliphatic carbocycles. The fourth-order valence-electron chi connectivity index (χ4n) is 2.16. The lowest BCUT2D eigenvalue weighted by Crippen LogP contribution is -2.42. The Morgan fingerprint density at radius 2 is 0.880 bits per heavy atom. The lowest BCUT2D eigenvalue weighted by atomic mass is 10.4. The summed E-state index contributed by atoms with van der Waals surface area (Å²) < 4.78 is 0. The molecular formula is C15H30N4O6. The summed E-state index contributed by atoms with van der Waals surface area (Å²) in [5.74, 6) is -2.72. The predicted octanol–water partition coefficient (Wildman–Crippen LogP) is -1.66. The van der Waals surface area contributed by atoms with Crippen LogP contribution in [0.3, 0.4) is 0 Å². The van der Waals surface area contributed by atoms with E-state index in [0.29, 0.717) is 39.3 Å². The second-order valence-electron chi connectivity index (χ2n) is 6.24. The van der Waals surface area contributed by atoms with Gasteiger partial charge in [-0.1, -0.05) is 0 Å². The van der Waals surface area contributed by atoms with Crippen LogP contribution in [0.25, 0.3) is 0 Å². The fourth-order valence-corrected chi connectivity index (χ4v) is 2.16. The minimum Gasteiger partial charge on any atom is -0.480 e. The molecule has 3 N–H and O–H groups in total. The van der Waals surface area contributed by atoms with Gasteiger partial charge in [0.05, 0.1) is 19.6 Å². The van der Waals surface area contributed by atoms with Crippen LogP contribution in [0.5, 0.6) is 0 Å². The van der Waals surface area contributed by atoms with E-state index in [4.69, 9.17) is 15.3 Å². The van der Waals surface area contributed by atoms with Crippen molar-refractivity contribution in [3.8, 4) is 0 Å². The van der Waals surface area contributed by atoms with Crippen LogP contribution >= 0.6 is 0 Å². The van der Waals surface area contributed by atoms with Crippen LogP contribution in [0.4, 0.5) is 0 Å². The van der Waals surface area contributed by atoms with Gasteiger partial charge < -0.3 is 20.2 Å². The Morgan fingerprint density at radius 1 is 0.560 bits per heavy atom. The van der Waals surface area contributed by atoms with Gasteiger partial charge in [-0.3, -0.25) is 29.1 Å². The van der Waals surface area contributed by atoms with Gasteiger partial charge in [-0.25, -0.2) is 0 Å². The molecule has 10 heteroatoms. The molecule has 0 rings (SSSR count). The lowest BCUT2D eigenvalue weighted by Gasteiger charge is -2.26. The van der Waals surface area contributed by atoms with Crippen molar-refractivity contribution in [3.05, 3.63) is 0 Å². The highest BCUT2D eigenvalue weighted by Crippen LogP contribution is 1.94.